The van der Waals surface area contributed by atoms with Crippen LogP contribution in [-0.2, 0) is 6.54 Å². The lowest BCUT2D eigenvalue weighted by Gasteiger charge is -2.11. The van der Waals surface area contributed by atoms with E-state index in [0.717, 1.165) is 28.0 Å². The van der Waals surface area contributed by atoms with Crippen molar-refractivity contribution < 1.29 is 4.79 Å². The highest BCUT2D eigenvalue weighted by molar-refractivity contribution is 7.17. The summed E-state index contributed by atoms with van der Waals surface area (Å²) in [7, 11) is 0. The number of hydrogen-bond donors (Lipinski definition) is 1. The number of anilines is 1. The SMILES string of the molecule is CCn1c(C(=O)Nc2cccc(Cl)c2C)cc2sccc21. The van der Waals surface area contributed by atoms with Gasteiger partial charge in [0.1, 0.15) is 5.69 Å². The smallest absolute Gasteiger partial charge is 0.272 e. The predicted octanol–water partition coefficient (Wildman–Crippen LogP) is 4.94. The number of nitrogens with one attached hydrogen (secondary N) is 1. The van der Waals surface area contributed by atoms with Crippen molar-refractivity contribution in [2.24, 2.45) is 0 Å². The van der Waals surface area contributed by atoms with Crippen molar-refractivity contribution in [1.29, 1.82) is 0 Å². The number of thiophene rings is 1. The average Bonchev–Trinajstić information content (AvgIpc) is 3.03. The highest BCUT2D eigenvalue weighted by Crippen LogP contribution is 2.27. The Hall–Kier alpha value is -1.78. The normalized spacial score (nSPS) is 11.0. The van der Waals surface area contributed by atoms with Crippen LogP contribution in [0.5, 0.6) is 0 Å². The van der Waals surface area contributed by atoms with Gasteiger partial charge in [0.05, 0.1) is 10.2 Å². The second kappa shape index (κ2) is 5.54. The summed E-state index contributed by atoms with van der Waals surface area (Å²) < 4.78 is 3.16. The number of nitrogens with zero attached hydrogens (tertiary/aromatic N) is 1. The number of carbonyl (C=O) groups is 1. The van der Waals surface area contributed by atoms with Gasteiger partial charge in [0, 0.05) is 17.3 Å². The molecule has 0 atom stereocenters. The van der Waals surface area contributed by atoms with E-state index in [1.165, 1.54) is 0 Å². The number of rotatable bonds is 3. The number of hydrogen-bond acceptors (Lipinski definition) is 2. The van der Waals surface area contributed by atoms with Crippen LogP contribution in [0.2, 0.25) is 5.02 Å². The minimum absolute atomic E-state index is 0.106. The van der Waals surface area contributed by atoms with Gasteiger partial charge in [-0.1, -0.05) is 17.7 Å². The lowest BCUT2D eigenvalue weighted by atomic mass is 10.2. The Balaban J connectivity index is 1.97. The Labute approximate surface area is 132 Å². The van der Waals surface area contributed by atoms with Crippen molar-refractivity contribution in [2.45, 2.75) is 20.4 Å². The fourth-order valence-corrected chi connectivity index (χ4v) is 3.43. The molecule has 3 aromatic rings. The van der Waals surface area contributed by atoms with Crippen LogP contribution in [0.4, 0.5) is 5.69 Å². The second-order valence-corrected chi connectivity index (χ2v) is 6.17. The molecule has 1 amide bonds. The Kier molecular flexibility index (Phi) is 3.74. The van der Waals surface area contributed by atoms with Crippen molar-refractivity contribution in [3.8, 4) is 0 Å². The van der Waals surface area contributed by atoms with Crippen molar-refractivity contribution >= 4 is 44.7 Å². The van der Waals surface area contributed by atoms with E-state index in [1.54, 1.807) is 11.3 Å². The van der Waals surface area contributed by atoms with E-state index in [4.69, 9.17) is 11.6 Å². The monoisotopic (exact) mass is 318 g/mol. The van der Waals surface area contributed by atoms with E-state index in [0.29, 0.717) is 10.7 Å². The van der Waals surface area contributed by atoms with E-state index in [1.807, 2.05) is 54.1 Å². The summed E-state index contributed by atoms with van der Waals surface area (Å²) in [6.45, 7) is 4.70. The molecule has 1 aromatic carbocycles. The number of aromatic nitrogens is 1. The Morgan fingerprint density at radius 3 is 2.95 bits per heavy atom. The summed E-state index contributed by atoms with van der Waals surface area (Å²) in [4.78, 5) is 12.6. The molecule has 3 rings (SSSR count). The zero-order valence-corrected chi connectivity index (χ0v) is 13.4. The Bertz CT molecular complexity index is 819. The molecule has 0 aliphatic heterocycles. The topological polar surface area (TPSA) is 34.0 Å². The van der Waals surface area contributed by atoms with Crippen LogP contribution < -0.4 is 5.32 Å². The number of halogens is 1. The number of fused-ring (bicyclic) bond motifs is 1. The van der Waals surface area contributed by atoms with Gasteiger partial charge in [-0.2, -0.15) is 0 Å². The second-order valence-electron chi connectivity index (χ2n) is 4.81. The van der Waals surface area contributed by atoms with Crippen molar-refractivity contribution in [3.63, 3.8) is 0 Å². The molecule has 0 saturated heterocycles. The predicted molar refractivity (Wildman–Crippen MR) is 89.6 cm³/mol. The van der Waals surface area contributed by atoms with Gasteiger partial charge in [0.15, 0.2) is 0 Å². The summed E-state index contributed by atoms with van der Waals surface area (Å²) in [5.41, 5.74) is 3.41. The molecule has 0 radical (unpaired) electrons. The largest absolute Gasteiger partial charge is 0.336 e. The fraction of sp³-hybridized carbons (Fsp3) is 0.188. The molecule has 2 aromatic heterocycles. The first-order valence-electron chi connectivity index (χ1n) is 6.75. The third kappa shape index (κ3) is 2.45. The van der Waals surface area contributed by atoms with Gasteiger partial charge in [-0.25, -0.2) is 0 Å². The minimum atomic E-state index is -0.106. The molecule has 0 unspecified atom stereocenters. The highest BCUT2D eigenvalue weighted by atomic mass is 35.5. The van der Waals surface area contributed by atoms with Crippen LogP contribution in [0.25, 0.3) is 10.2 Å². The van der Waals surface area contributed by atoms with Crippen LogP contribution in [0, 0.1) is 6.92 Å². The number of amides is 1. The van der Waals surface area contributed by atoms with Gasteiger partial charge in [0.2, 0.25) is 0 Å². The maximum Gasteiger partial charge on any atom is 0.272 e. The zero-order chi connectivity index (χ0) is 15.0. The molecule has 0 bridgehead atoms. The summed E-state index contributed by atoms with van der Waals surface area (Å²) in [5.74, 6) is -0.106. The Morgan fingerprint density at radius 2 is 2.19 bits per heavy atom. The molecule has 0 spiro atoms. The molecule has 0 fully saturated rings. The van der Waals surface area contributed by atoms with E-state index < -0.39 is 0 Å². The van der Waals surface area contributed by atoms with Crippen molar-refractivity contribution in [2.75, 3.05) is 5.32 Å². The third-order valence-corrected chi connectivity index (χ3v) is 4.85. The van der Waals surface area contributed by atoms with Gasteiger partial charge in [-0.15, -0.1) is 11.3 Å². The lowest BCUT2D eigenvalue weighted by Crippen LogP contribution is -2.17. The maximum absolute atomic E-state index is 12.6. The zero-order valence-electron chi connectivity index (χ0n) is 11.8. The van der Waals surface area contributed by atoms with Gasteiger partial charge >= 0.3 is 0 Å². The summed E-state index contributed by atoms with van der Waals surface area (Å²) in [6, 6.07) is 9.50. The van der Waals surface area contributed by atoms with E-state index in [-0.39, 0.29) is 5.91 Å². The Morgan fingerprint density at radius 1 is 1.38 bits per heavy atom. The highest BCUT2D eigenvalue weighted by Gasteiger charge is 2.16. The molecule has 5 heteroatoms. The quantitative estimate of drug-likeness (QED) is 0.729. The molecule has 3 nitrogen and oxygen atoms in total. The van der Waals surface area contributed by atoms with Crippen LogP contribution in [0.15, 0.2) is 35.7 Å². The first kappa shape index (κ1) is 14.2. The number of benzene rings is 1. The molecule has 21 heavy (non-hydrogen) atoms. The molecule has 0 saturated carbocycles. The standard InChI is InChI=1S/C16H15ClN2OS/c1-3-19-13-7-8-21-15(13)9-14(19)16(20)18-12-6-4-5-11(17)10(12)2/h4-9H,3H2,1-2H3,(H,18,20). The van der Waals surface area contributed by atoms with Crippen LogP contribution in [0.1, 0.15) is 23.0 Å². The molecular weight excluding hydrogens is 304 g/mol. The molecule has 2 heterocycles. The van der Waals surface area contributed by atoms with Crippen LogP contribution >= 0.6 is 22.9 Å². The number of carbonyl (C=O) groups excluding carboxylic acids is 1. The third-order valence-electron chi connectivity index (χ3n) is 3.59. The minimum Gasteiger partial charge on any atom is -0.336 e. The molecule has 0 aliphatic rings. The van der Waals surface area contributed by atoms with Crippen molar-refractivity contribution in [1.82, 2.24) is 4.57 Å². The first-order valence-corrected chi connectivity index (χ1v) is 8.00. The average molecular weight is 319 g/mol. The summed E-state index contributed by atoms with van der Waals surface area (Å²) >= 11 is 7.74. The van der Waals surface area contributed by atoms with E-state index >= 15 is 0 Å². The van der Waals surface area contributed by atoms with Gasteiger partial charge in [0.25, 0.3) is 5.91 Å². The summed E-state index contributed by atoms with van der Waals surface area (Å²) in [6.07, 6.45) is 0. The summed E-state index contributed by atoms with van der Waals surface area (Å²) in [5, 5.41) is 5.65. The van der Waals surface area contributed by atoms with Gasteiger partial charge in [-0.3, -0.25) is 4.79 Å². The van der Waals surface area contributed by atoms with Crippen LogP contribution in [-0.4, -0.2) is 10.5 Å². The fourth-order valence-electron chi connectivity index (χ4n) is 2.44. The van der Waals surface area contributed by atoms with Crippen LogP contribution in [0.3, 0.4) is 0 Å². The van der Waals surface area contributed by atoms with E-state index in [9.17, 15) is 4.79 Å². The number of aryl methyl sites for hydroxylation is 1. The molecule has 108 valence electrons. The first-order chi connectivity index (χ1) is 10.1. The molecule has 0 aliphatic carbocycles. The van der Waals surface area contributed by atoms with Crippen molar-refractivity contribution in [3.05, 3.63) is 52.0 Å². The van der Waals surface area contributed by atoms with Gasteiger partial charge < -0.3 is 9.88 Å². The molecule has 1 N–H and O–H groups in total. The van der Waals surface area contributed by atoms with Gasteiger partial charge in [-0.05, 0) is 49.1 Å². The lowest BCUT2D eigenvalue weighted by molar-refractivity contribution is 0.101. The van der Waals surface area contributed by atoms with E-state index in [2.05, 4.69) is 5.32 Å². The molecular formula is C16H15ClN2OS. The maximum atomic E-state index is 12.6.